The summed E-state index contributed by atoms with van der Waals surface area (Å²) >= 11 is 0. The molecule has 0 fully saturated rings. The van der Waals surface area contributed by atoms with Gasteiger partial charge < -0.3 is 25.2 Å². The van der Waals surface area contributed by atoms with Crippen LogP contribution in [0.4, 0.5) is 0 Å². The van der Waals surface area contributed by atoms with Gasteiger partial charge in [0, 0.05) is 85.3 Å². The van der Waals surface area contributed by atoms with Crippen LogP contribution in [0, 0.1) is 0 Å². The number of hydrogen-bond acceptors (Lipinski definition) is 10. The second-order valence-corrected chi connectivity index (χ2v) is 46.7. The summed E-state index contributed by atoms with van der Waals surface area (Å²) in [6.07, 6.45) is -1.35. The second kappa shape index (κ2) is 28.9. The highest BCUT2D eigenvalue weighted by Gasteiger charge is 2.36. The topological polar surface area (TPSA) is 110 Å². The molecule has 6 aromatic carbocycles. The summed E-state index contributed by atoms with van der Waals surface area (Å²) in [7, 11) is -6.21. The standard InChI is InChI=1S/C93H138NO9P3/c1-55(95-104-98-76-64(40-58(82(4,5)6)46-70(76)88(22,23)24)65-41-59(83(7,8)9)47-71(77(65)99-104)89(25,26)27)52-94(53-56(2)96-105-100-78-66(42-60(84(10,11)12)48-72(78)90(28,29)30)67-43-61(85(13,14)15)49-73(79(67)101-105)91(31,32)33)54-57(3)97-106-102-80-68(44-62(86(16,17)18)50-74(80)92(34,35)36)69-45-63(87(19,20)21)51-75(81(69)103-106)93(37,38)39/h40-51,55-57H,52-54H2,1-39H3/t55-,56-,57+/m1/s1. The van der Waals surface area contributed by atoms with Crippen LogP contribution in [-0.2, 0) is 65.0 Å². The van der Waals surface area contributed by atoms with Crippen molar-refractivity contribution in [3.05, 3.63) is 140 Å². The molecule has 0 saturated carbocycles. The number of benzene rings is 6. The lowest BCUT2D eigenvalue weighted by Crippen LogP contribution is -2.43. The summed E-state index contributed by atoms with van der Waals surface area (Å²) in [4.78, 5) is 2.39. The molecule has 0 bridgehead atoms. The zero-order chi connectivity index (χ0) is 79.9. The molecular weight excluding hydrogens is 1370 g/mol. The van der Waals surface area contributed by atoms with Crippen LogP contribution < -0.4 is 13.6 Å². The molecule has 9 rings (SSSR count). The largest absolute Gasteiger partial charge is 0.399 e. The van der Waals surface area contributed by atoms with Crippen LogP contribution in [0.1, 0.15) is 337 Å². The SMILES string of the molecule is C[C@H](CN(C[C@@H](C)Op1oc2c(C(C)(C)C)cc(C(C)(C)C)cc2c2cc(C(C)(C)C)cc(C(C)(C)C)c2o1)C[C@H](C)Op1oc2c(C(C)(C)C)cc(C(C)(C)C)cc2c2cc(C(C)(C)C)cc(C(C)(C)C)c2o1)Op1oc2c(C(C)(C)C)cc(C(C)(C)C)cc2c2cc(C(C)(C)C)cc(C(C)(C)C)c2o1. The van der Waals surface area contributed by atoms with Gasteiger partial charge >= 0.3 is 24.7 Å². The first-order valence-electron chi connectivity index (χ1n) is 39.2. The van der Waals surface area contributed by atoms with E-state index in [9.17, 15) is 0 Å². The Morgan fingerprint density at radius 1 is 0.226 bits per heavy atom. The van der Waals surface area contributed by atoms with E-state index in [1.54, 1.807) is 0 Å². The van der Waals surface area contributed by atoms with E-state index in [2.05, 4.69) is 348 Å². The van der Waals surface area contributed by atoms with E-state index in [1.165, 1.54) is 33.4 Å². The van der Waals surface area contributed by atoms with Gasteiger partial charge in [0.05, 0.1) is 18.3 Å². The fraction of sp³-hybridized carbons (Fsp3) is 0.613. The van der Waals surface area contributed by atoms with Crippen LogP contribution in [0.15, 0.2) is 98.0 Å². The Labute approximate surface area is 642 Å². The van der Waals surface area contributed by atoms with Crippen molar-refractivity contribution in [2.45, 2.75) is 353 Å². The maximum atomic E-state index is 7.44. The molecule has 0 unspecified atom stereocenters. The summed E-state index contributed by atoms with van der Waals surface area (Å²) in [5, 5.41) is 6.15. The first-order valence-corrected chi connectivity index (χ1v) is 42.4. The molecule has 0 aliphatic rings. The quantitative estimate of drug-likeness (QED) is 0.117. The molecule has 0 amide bonds. The van der Waals surface area contributed by atoms with E-state index < -0.39 is 43.0 Å². The summed E-state index contributed by atoms with van der Waals surface area (Å²) in [5.41, 5.74) is 16.2. The first kappa shape index (κ1) is 84.9. The van der Waals surface area contributed by atoms with Crippen LogP contribution >= 0.6 is 24.7 Å². The molecule has 3 aromatic heterocycles. The second-order valence-electron chi connectivity index (χ2n) is 43.6. The van der Waals surface area contributed by atoms with Crippen molar-refractivity contribution in [3.8, 4) is 0 Å². The molecule has 106 heavy (non-hydrogen) atoms. The molecule has 0 spiro atoms. The van der Waals surface area contributed by atoms with Gasteiger partial charge in [0.15, 0.2) is 0 Å². The van der Waals surface area contributed by atoms with E-state index in [0.717, 1.165) is 99.2 Å². The zero-order valence-corrected chi connectivity index (χ0v) is 75.9. The highest BCUT2D eigenvalue weighted by Crippen LogP contribution is 2.51. The maximum absolute atomic E-state index is 7.44. The fourth-order valence-electron chi connectivity index (χ4n) is 14.0. The summed E-state index contributed by atoms with van der Waals surface area (Å²) in [6, 6.07) is 28.2. The van der Waals surface area contributed by atoms with Gasteiger partial charge in [0.25, 0.3) is 0 Å². The third-order valence-electron chi connectivity index (χ3n) is 20.8. The van der Waals surface area contributed by atoms with Crippen molar-refractivity contribution in [2.24, 2.45) is 0 Å². The van der Waals surface area contributed by atoms with Gasteiger partial charge in [-0.1, -0.05) is 286 Å². The van der Waals surface area contributed by atoms with Crippen molar-refractivity contribution in [1.82, 2.24) is 4.90 Å². The van der Waals surface area contributed by atoms with Crippen molar-refractivity contribution in [2.75, 3.05) is 19.6 Å². The number of rotatable bonds is 12. The van der Waals surface area contributed by atoms with Gasteiger partial charge in [0.1, 0.15) is 33.5 Å². The molecule has 3 heterocycles. The fourth-order valence-corrected chi connectivity index (χ4v) is 17.5. The smallest absolute Gasteiger partial charge is 0.387 e. The normalized spacial score (nSPS) is 14.9. The molecule has 3 atom stereocenters. The van der Waals surface area contributed by atoms with E-state index in [1.807, 2.05) is 0 Å². The predicted octanol–water partition coefficient (Wildman–Crippen LogP) is 29.2. The lowest BCUT2D eigenvalue weighted by Gasteiger charge is -2.29. The number of fused-ring (bicyclic) bond motifs is 9. The molecule has 0 aliphatic carbocycles. The minimum absolute atomic E-state index is 0.152. The molecule has 0 radical (unpaired) electrons. The average molecular weight is 1510 g/mol. The first-order chi connectivity index (χ1) is 47.8. The molecule has 10 nitrogen and oxygen atoms in total. The van der Waals surface area contributed by atoms with Gasteiger partial charge in [-0.15, -0.1) is 0 Å². The lowest BCUT2D eigenvalue weighted by molar-refractivity contribution is 0.104. The van der Waals surface area contributed by atoms with Gasteiger partial charge in [0.2, 0.25) is 0 Å². The molecule has 13 heteroatoms. The van der Waals surface area contributed by atoms with Crippen molar-refractivity contribution < 1.29 is 38.8 Å². The van der Waals surface area contributed by atoms with Crippen LogP contribution in [-0.4, -0.2) is 42.8 Å². The third kappa shape index (κ3) is 19.1. The molecule has 584 valence electrons. The third-order valence-corrected chi connectivity index (χ3v) is 24.4. The minimum Gasteiger partial charge on any atom is -0.399 e. The van der Waals surface area contributed by atoms with Crippen molar-refractivity contribution in [3.63, 3.8) is 0 Å². The van der Waals surface area contributed by atoms with Gasteiger partial charge in [-0.2, -0.15) is 0 Å². The summed E-state index contributed by atoms with van der Waals surface area (Å²) in [6.45, 7) is 90.0. The number of nitrogens with zero attached hydrogens (tertiary/aromatic N) is 1. The van der Waals surface area contributed by atoms with E-state index in [0.29, 0.717) is 19.6 Å². The molecule has 0 aliphatic heterocycles. The highest BCUT2D eigenvalue weighted by atomic mass is 31.1. The number of hydrogen-bond donors (Lipinski definition) is 0. The molecule has 9 aromatic rings. The lowest BCUT2D eigenvalue weighted by atomic mass is 9.77. The Bertz CT molecular complexity index is 4120. The van der Waals surface area contributed by atoms with Gasteiger partial charge in [-0.3, -0.25) is 18.5 Å². The van der Waals surface area contributed by atoms with Crippen LogP contribution in [0.5, 0.6) is 0 Å². The summed E-state index contributed by atoms with van der Waals surface area (Å²) in [5.74, 6) is 0. The van der Waals surface area contributed by atoms with Gasteiger partial charge in [-0.25, -0.2) is 0 Å². The van der Waals surface area contributed by atoms with E-state index >= 15 is 0 Å². The monoisotopic (exact) mass is 1510 g/mol. The molecule has 0 saturated heterocycles. The predicted molar refractivity (Wildman–Crippen MR) is 458 cm³/mol. The van der Waals surface area contributed by atoms with Crippen LogP contribution in [0.25, 0.3) is 65.8 Å². The van der Waals surface area contributed by atoms with Crippen molar-refractivity contribution in [1.29, 1.82) is 0 Å². The van der Waals surface area contributed by atoms with Crippen LogP contribution in [0.3, 0.4) is 0 Å². The van der Waals surface area contributed by atoms with Gasteiger partial charge in [-0.05, 0) is 156 Å². The maximum Gasteiger partial charge on any atom is 0.387 e. The Hall–Kier alpha value is -5.14. The van der Waals surface area contributed by atoms with E-state index in [4.69, 9.17) is 38.8 Å². The van der Waals surface area contributed by atoms with E-state index in [-0.39, 0.29) is 65.0 Å². The highest BCUT2D eigenvalue weighted by molar-refractivity contribution is 7.32. The molecular formula is C93H138NO9P3. The van der Waals surface area contributed by atoms with Crippen LogP contribution in [0.2, 0.25) is 0 Å². The Morgan fingerprint density at radius 3 is 0.472 bits per heavy atom. The Balaban J connectivity index is 1.27. The average Bonchev–Trinajstić information content (AvgIpc) is 1.48. The summed E-state index contributed by atoms with van der Waals surface area (Å²) < 4.78 is 66.9. The van der Waals surface area contributed by atoms with Crippen molar-refractivity contribution >= 4 is 90.5 Å². The Morgan fingerprint density at radius 2 is 0.358 bits per heavy atom. The minimum atomic E-state index is -2.07. The zero-order valence-electron chi connectivity index (χ0n) is 73.2. The Kier molecular flexibility index (Phi) is 23.1. The molecule has 0 N–H and O–H groups in total.